The summed E-state index contributed by atoms with van der Waals surface area (Å²) in [6.07, 6.45) is 3.39. The van der Waals surface area contributed by atoms with E-state index in [-0.39, 0.29) is 0 Å². The summed E-state index contributed by atoms with van der Waals surface area (Å²) >= 11 is 0. The molecule has 0 saturated heterocycles. The monoisotopic (exact) mass is 122 g/mol. The summed E-state index contributed by atoms with van der Waals surface area (Å²) in [6.45, 7) is 3.47. The molecular formula is C7H8NO. The number of ether oxygens (including phenoxy) is 1. The Morgan fingerprint density at radius 1 is 1.44 bits per heavy atom. The molecule has 9 heavy (non-hydrogen) atoms. The van der Waals surface area contributed by atoms with E-state index in [2.05, 4.69) is 4.98 Å². The SMILES string of the molecule is C[CH]Oc1ccncc1. The number of aromatic nitrogens is 1. The van der Waals surface area contributed by atoms with Crippen molar-refractivity contribution >= 4 is 0 Å². The van der Waals surface area contributed by atoms with Crippen LogP contribution in [0, 0.1) is 6.61 Å². The van der Waals surface area contributed by atoms with Crippen LogP contribution in [0.4, 0.5) is 0 Å². The van der Waals surface area contributed by atoms with Gasteiger partial charge >= 0.3 is 0 Å². The van der Waals surface area contributed by atoms with E-state index in [1.807, 2.05) is 6.92 Å². The average Bonchev–Trinajstić information content (AvgIpc) is 1.91. The fraction of sp³-hybridized carbons (Fsp3) is 0.143. The van der Waals surface area contributed by atoms with Gasteiger partial charge in [-0.05, 0) is 19.1 Å². The Morgan fingerprint density at radius 3 is 2.67 bits per heavy atom. The van der Waals surface area contributed by atoms with Crippen LogP contribution in [0.5, 0.6) is 5.75 Å². The van der Waals surface area contributed by atoms with Gasteiger partial charge in [0.1, 0.15) is 12.4 Å². The molecule has 0 aliphatic heterocycles. The van der Waals surface area contributed by atoms with E-state index in [9.17, 15) is 0 Å². The molecule has 1 radical (unpaired) electrons. The molecule has 0 bridgehead atoms. The number of nitrogens with zero attached hydrogens (tertiary/aromatic N) is 1. The molecule has 0 aliphatic rings. The van der Waals surface area contributed by atoms with Crippen molar-refractivity contribution in [3.63, 3.8) is 0 Å². The van der Waals surface area contributed by atoms with Crippen LogP contribution in [0.15, 0.2) is 24.5 Å². The molecule has 0 aliphatic carbocycles. The van der Waals surface area contributed by atoms with E-state index in [0.717, 1.165) is 5.75 Å². The predicted molar refractivity (Wildman–Crippen MR) is 34.8 cm³/mol. The van der Waals surface area contributed by atoms with Crippen molar-refractivity contribution in [3.8, 4) is 5.75 Å². The molecule has 1 heterocycles. The zero-order valence-corrected chi connectivity index (χ0v) is 5.24. The first-order valence-corrected chi connectivity index (χ1v) is 2.78. The van der Waals surface area contributed by atoms with E-state index in [0.29, 0.717) is 0 Å². The summed E-state index contributed by atoms with van der Waals surface area (Å²) in [5, 5.41) is 0. The van der Waals surface area contributed by atoms with E-state index < -0.39 is 0 Å². The molecule has 0 N–H and O–H groups in total. The highest BCUT2D eigenvalue weighted by molar-refractivity contribution is 5.17. The zero-order valence-electron chi connectivity index (χ0n) is 5.24. The van der Waals surface area contributed by atoms with E-state index >= 15 is 0 Å². The lowest BCUT2D eigenvalue weighted by atomic mass is 10.5. The topological polar surface area (TPSA) is 22.1 Å². The van der Waals surface area contributed by atoms with Crippen molar-refractivity contribution < 1.29 is 4.74 Å². The van der Waals surface area contributed by atoms with Gasteiger partial charge in [-0.2, -0.15) is 0 Å². The van der Waals surface area contributed by atoms with Gasteiger partial charge in [-0.25, -0.2) is 0 Å². The van der Waals surface area contributed by atoms with Gasteiger partial charge < -0.3 is 4.74 Å². The summed E-state index contributed by atoms with van der Waals surface area (Å²) in [4.78, 5) is 3.83. The predicted octanol–water partition coefficient (Wildman–Crippen LogP) is 1.64. The average molecular weight is 122 g/mol. The van der Waals surface area contributed by atoms with Crippen LogP contribution in [0.25, 0.3) is 0 Å². The Labute approximate surface area is 54.5 Å². The number of pyridine rings is 1. The second kappa shape index (κ2) is 3.07. The standard InChI is InChI=1S/C7H8NO/c1-2-9-7-3-5-8-6-4-7/h2-6H,1H3. The second-order valence-corrected chi connectivity index (χ2v) is 1.54. The van der Waals surface area contributed by atoms with Crippen molar-refractivity contribution in [3.05, 3.63) is 31.1 Å². The lowest BCUT2D eigenvalue weighted by Crippen LogP contribution is -1.83. The van der Waals surface area contributed by atoms with Gasteiger partial charge in [0, 0.05) is 12.4 Å². The Balaban J connectivity index is 2.61. The van der Waals surface area contributed by atoms with Gasteiger partial charge in [-0.15, -0.1) is 0 Å². The second-order valence-electron chi connectivity index (χ2n) is 1.54. The molecule has 0 saturated carbocycles. The Kier molecular flexibility index (Phi) is 2.07. The van der Waals surface area contributed by atoms with Crippen LogP contribution < -0.4 is 4.74 Å². The van der Waals surface area contributed by atoms with Crippen LogP contribution >= 0.6 is 0 Å². The fourth-order valence-electron chi connectivity index (χ4n) is 0.553. The highest BCUT2D eigenvalue weighted by atomic mass is 16.5. The van der Waals surface area contributed by atoms with Crippen molar-refractivity contribution in [1.82, 2.24) is 4.98 Å². The molecule has 47 valence electrons. The Morgan fingerprint density at radius 2 is 2.11 bits per heavy atom. The van der Waals surface area contributed by atoms with Gasteiger partial charge in [-0.3, -0.25) is 4.98 Å². The summed E-state index contributed by atoms with van der Waals surface area (Å²) in [6, 6.07) is 3.61. The first kappa shape index (κ1) is 6.08. The summed E-state index contributed by atoms with van der Waals surface area (Å²) in [7, 11) is 0. The van der Waals surface area contributed by atoms with Crippen LogP contribution in [0.1, 0.15) is 6.92 Å². The van der Waals surface area contributed by atoms with Gasteiger partial charge in [0.2, 0.25) is 0 Å². The zero-order chi connectivity index (χ0) is 6.53. The smallest absolute Gasteiger partial charge is 0.132 e. The lowest BCUT2D eigenvalue weighted by Gasteiger charge is -1.97. The van der Waals surface area contributed by atoms with Gasteiger partial charge in [0.15, 0.2) is 0 Å². The molecule has 0 aromatic carbocycles. The van der Waals surface area contributed by atoms with Gasteiger partial charge in [0.25, 0.3) is 0 Å². The highest BCUT2D eigenvalue weighted by Gasteiger charge is 1.85. The third-order valence-corrected chi connectivity index (χ3v) is 0.904. The maximum absolute atomic E-state index is 5.04. The van der Waals surface area contributed by atoms with Crippen LogP contribution in [-0.2, 0) is 0 Å². The molecule has 1 aromatic heterocycles. The van der Waals surface area contributed by atoms with Gasteiger partial charge in [0.05, 0.1) is 0 Å². The first-order valence-electron chi connectivity index (χ1n) is 2.78. The summed E-state index contributed by atoms with van der Waals surface area (Å²) in [5.74, 6) is 0.826. The summed E-state index contributed by atoms with van der Waals surface area (Å²) in [5.41, 5.74) is 0. The number of rotatable bonds is 2. The van der Waals surface area contributed by atoms with Crippen molar-refractivity contribution in [2.24, 2.45) is 0 Å². The molecule has 0 spiro atoms. The molecule has 0 atom stereocenters. The summed E-state index contributed by atoms with van der Waals surface area (Å²) < 4.78 is 5.04. The first-order chi connectivity index (χ1) is 4.43. The quantitative estimate of drug-likeness (QED) is 0.595. The third kappa shape index (κ3) is 1.72. The molecule has 0 amide bonds. The molecule has 2 nitrogen and oxygen atoms in total. The van der Waals surface area contributed by atoms with Crippen molar-refractivity contribution in [1.29, 1.82) is 0 Å². The molecular weight excluding hydrogens is 114 g/mol. The molecule has 0 unspecified atom stereocenters. The van der Waals surface area contributed by atoms with E-state index in [1.165, 1.54) is 0 Å². The highest BCUT2D eigenvalue weighted by Crippen LogP contribution is 2.06. The van der Waals surface area contributed by atoms with E-state index in [4.69, 9.17) is 4.74 Å². The molecule has 1 rings (SSSR count). The maximum Gasteiger partial charge on any atom is 0.132 e. The van der Waals surface area contributed by atoms with Crippen molar-refractivity contribution in [2.75, 3.05) is 0 Å². The van der Waals surface area contributed by atoms with E-state index in [1.54, 1.807) is 31.1 Å². The largest absolute Gasteiger partial charge is 0.487 e. The minimum atomic E-state index is 0.826. The maximum atomic E-state index is 5.04. The number of hydrogen-bond donors (Lipinski definition) is 0. The Bertz CT molecular complexity index is 162. The lowest BCUT2D eigenvalue weighted by molar-refractivity contribution is 0.416. The molecule has 1 aromatic rings. The normalized spacial score (nSPS) is 9.00. The van der Waals surface area contributed by atoms with Crippen LogP contribution in [0.3, 0.4) is 0 Å². The fourth-order valence-corrected chi connectivity index (χ4v) is 0.553. The van der Waals surface area contributed by atoms with Crippen LogP contribution in [-0.4, -0.2) is 4.98 Å². The van der Waals surface area contributed by atoms with Crippen LogP contribution in [0.2, 0.25) is 0 Å². The van der Waals surface area contributed by atoms with Crippen molar-refractivity contribution in [2.45, 2.75) is 6.92 Å². The van der Waals surface area contributed by atoms with Gasteiger partial charge in [-0.1, -0.05) is 0 Å². The minimum Gasteiger partial charge on any atom is -0.487 e. The molecule has 2 heteroatoms. The Hall–Kier alpha value is -1.05. The minimum absolute atomic E-state index is 0.826. The number of hydrogen-bond acceptors (Lipinski definition) is 2. The third-order valence-electron chi connectivity index (χ3n) is 0.904. The molecule has 0 fully saturated rings.